The topological polar surface area (TPSA) is 73.1 Å². The molecule has 0 aliphatic carbocycles. The maximum atomic E-state index is 5.94. The van der Waals surface area contributed by atoms with Gasteiger partial charge in [-0.2, -0.15) is 0 Å². The predicted molar refractivity (Wildman–Crippen MR) is 67.0 cm³/mol. The number of nitrogens with one attached hydrogen (secondary N) is 1. The van der Waals surface area contributed by atoms with Crippen molar-refractivity contribution in [2.45, 2.75) is 45.3 Å². The van der Waals surface area contributed by atoms with Crippen LogP contribution in [0.4, 0.5) is 0 Å². The lowest BCUT2D eigenvalue weighted by Gasteiger charge is -2.38. The smallest absolute Gasteiger partial charge is 0.115 e. The molecular weight excluding hydrogens is 216 g/mol. The van der Waals surface area contributed by atoms with E-state index in [1.54, 1.807) is 12.4 Å². The van der Waals surface area contributed by atoms with Gasteiger partial charge in [0.2, 0.25) is 0 Å². The first-order valence-electron chi connectivity index (χ1n) is 6.09. The first-order valence-corrected chi connectivity index (χ1v) is 6.09. The summed E-state index contributed by atoms with van der Waals surface area (Å²) in [4.78, 5) is 8.07. The molecule has 0 bridgehead atoms. The van der Waals surface area contributed by atoms with Gasteiger partial charge in [0.15, 0.2) is 0 Å². The number of ether oxygens (including phenoxy) is 1. The second-order valence-electron chi connectivity index (χ2n) is 3.98. The van der Waals surface area contributed by atoms with Gasteiger partial charge in [-0.1, -0.05) is 13.8 Å². The zero-order chi connectivity index (χ0) is 12.7. The number of hydrogen-bond donors (Lipinski definition) is 2. The summed E-state index contributed by atoms with van der Waals surface area (Å²) in [5.74, 6) is 5.69. The highest BCUT2D eigenvalue weighted by Gasteiger charge is 2.37. The lowest BCUT2D eigenvalue weighted by Crippen LogP contribution is -2.48. The van der Waals surface area contributed by atoms with Crippen molar-refractivity contribution in [2.24, 2.45) is 5.84 Å². The molecule has 5 heteroatoms. The molecule has 0 amide bonds. The highest BCUT2D eigenvalue weighted by molar-refractivity contribution is 5.15. The van der Waals surface area contributed by atoms with E-state index in [0.29, 0.717) is 6.61 Å². The average molecular weight is 238 g/mol. The molecule has 3 N–H and O–H groups in total. The fraction of sp³-hybridized carbons (Fsp3) is 0.667. The molecule has 0 radical (unpaired) electrons. The van der Waals surface area contributed by atoms with Gasteiger partial charge in [0, 0.05) is 24.6 Å². The van der Waals surface area contributed by atoms with Crippen LogP contribution in [-0.4, -0.2) is 22.2 Å². The SMILES string of the molecule is CCOC(CC)(CC)C(NN)c1cncnc1. The molecule has 1 aromatic heterocycles. The average Bonchev–Trinajstić information content (AvgIpc) is 2.39. The van der Waals surface area contributed by atoms with Crippen molar-refractivity contribution in [3.05, 3.63) is 24.3 Å². The molecule has 1 heterocycles. The van der Waals surface area contributed by atoms with Gasteiger partial charge in [-0.25, -0.2) is 15.4 Å². The maximum Gasteiger partial charge on any atom is 0.115 e. The summed E-state index contributed by atoms with van der Waals surface area (Å²) in [7, 11) is 0. The third-order valence-electron chi connectivity index (χ3n) is 3.24. The van der Waals surface area contributed by atoms with E-state index in [2.05, 4.69) is 29.2 Å². The van der Waals surface area contributed by atoms with Crippen molar-refractivity contribution < 1.29 is 4.74 Å². The molecule has 0 spiro atoms. The van der Waals surface area contributed by atoms with Crippen LogP contribution in [0, 0.1) is 0 Å². The first-order chi connectivity index (χ1) is 8.24. The van der Waals surface area contributed by atoms with Crippen LogP contribution in [0.2, 0.25) is 0 Å². The van der Waals surface area contributed by atoms with Crippen LogP contribution < -0.4 is 11.3 Å². The van der Waals surface area contributed by atoms with Crippen LogP contribution in [0.25, 0.3) is 0 Å². The third kappa shape index (κ3) is 3.00. The molecule has 0 aliphatic heterocycles. The normalized spacial score (nSPS) is 13.6. The number of aromatic nitrogens is 2. The molecule has 1 unspecified atom stereocenters. The van der Waals surface area contributed by atoms with Gasteiger partial charge in [0.1, 0.15) is 6.33 Å². The Kier molecular flexibility index (Phi) is 5.47. The van der Waals surface area contributed by atoms with Gasteiger partial charge >= 0.3 is 0 Å². The van der Waals surface area contributed by atoms with Crippen LogP contribution in [0.5, 0.6) is 0 Å². The number of nitrogens with zero attached hydrogens (tertiary/aromatic N) is 2. The van der Waals surface area contributed by atoms with Crippen LogP contribution in [-0.2, 0) is 4.74 Å². The Hall–Kier alpha value is -1.04. The van der Waals surface area contributed by atoms with Crippen molar-refractivity contribution in [1.82, 2.24) is 15.4 Å². The summed E-state index contributed by atoms with van der Waals surface area (Å²) in [6.45, 7) is 6.86. The highest BCUT2D eigenvalue weighted by atomic mass is 16.5. The second kappa shape index (κ2) is 6.64. The van der Waals surface area contributed by atoms with Gasteiger partial charge in [0.25, 0.3) is 0 Å². The fourth-order valence-electron chi connectivity index (χ4n) is 2.24. The van der Waals surface area contributed by atoms with Crippen LogP contribution in [0.1, 0.15) is 45.2 Å². The molecule has 17 heavy (non-hydrogen) atoms. The van der Waals surface area contributed by atoms with Crippen molar-refractivity contribution in [2.75, 3.05) is 6.61 Å². The lowest BCUT2D eigenvalue weighted by molar-refractivity contribution is -0.0735. The molecule has 1 atom stereocenters. The largest absolute Gasteiger partial charge is 0.373 e. The van der Waals surface area contributed by atoms with E-state index in [0.717, 1.165) is 18.4 Å². The van der Waals surface area contributed by atoms with Crippen molar-refractivity contribution in [1.29, 1.82) is 0 Å². The van der Waals surface area contributed by atoms with E-state index in [4.69, 9.17) is 10.6 Å². The Morgan fingerprint density at radius 3 is 2.29 bits per heavy atom. The van der Waals surface area contributed by atoms with Crippen molar-refractivity contribution in [3.8, 4) is 0 Å². The number of hydrazine groups is 1. The van der Waals surface area contributed by atoms with Crippen molar-refractivity contribution >= 4 is 0 Å². The van der Waals surface area contributed by atoms with Gasteiger partial charge in [-0.05, 0) is 19.8 Å². The molecule has 0 aromatic carbocycles. The minimum atomic E-state index is -0.311. The molecule has 1 rings (SSSR count). The van der Waals surface area contributed by atoms with E-state index in [9.17, 15) is 0 Å². The minimum Gasteiger partial charge on any atom is -0.373 e. The second-order valence-corrected chi connectivity index (χ2v) is 3.98. The summed E-state index contributed by atoms with van der Waals surface area (Å²) < 4.78 is 5.94. The molecular formula is C12H22N4O. The Morgan fingerprint density at radius 1 is 1.29 bits per heavy atom. The fourth-order valence-corrected chi connectivity index (χ4v) is 2.24. The van der Waals surface area contributed by atoms with Gasteiger partial charge in [-0.3, -0.25) is 5.84 Å². The zero-order valence-corrected chi connectivity index (χ0v) is 10.8. The van der Waals surface area contributed by atoms with E-state index in [-0.39, 0.29) is 11.6 Å². The monoisotopic (exact) mass is 238 g/mol. The maximum absolute atomic E-state index is 5.94. The molecule has 0 aliphatic rings. The summed E-state index contributed by atoms with van der Waals surface area (Å²) in [6, 6.07) is -0.0985. The molecule has 96 valence electrons. The summed E-state index contributed by atoms with van der Waals surface area (Å²) in [5, 5.41) is 0. The van der Waals surface area contributed by atoms with Crippen molar-refractivity contribution in [3.63, 3.8) is 0 Å². The Balaban J connectivity index is 3.05. The van der Waals surface area contributed by atoms with Crippen LogP contribution >= 0.6 is 0 Å². The zero-order valence-electron chi connectivity index (χ0n) is 10.8. The Labute approximate surface area is 103 Å². The number of hydrogen-bond acceptors (Lipinski definition) is 5. The molecule has 0 saturated heterocycles. The summed E-state index contributed by atoms with van der Waals surface area (Å²) in [6.07, 6.45) is 6.81. The molecule has 1 aromatic rings. The van der Waals surface area contributed by atoms with Crippen LogP contribution in [0.3, 0.4) is 0 Å². The van der Waals surface area contributed by atoms with E-state index < -0.39 is 0 Å². The van der Waals surface area contributed by atoms with Gasteiger partial charge in [0.05, 0.1) is 11.6 Å². The van der Waals surface area contributed by atoms with E-state index >= 15 is 0 Å². The third-order valence-corrected chi connectivity index (χ3v) is 3.24. The Morgan fingerprint density at radius 2 is 1.88 bits per heavy atom. The quantitative estimate of drug-likeness (QED) is 0.557. The minimum absolute atomic E-state index is 0.0985. The number of nitrogens with two attached hydrogens (primary N) is 1. The predicted octanol–water partition coefficient (Wildman–Crippen LogP) is 1.58. The summed E-state index contributed by atoms with van der Waals surface area (Å²) in [5.41, 5.74) is 3.48. The lowest BCUT2D eigenvalue weighted by atomic mass is 9.85. The molecule has 5 nitrogen and oxygen atoms in total. The van der Waals surface area contributed by atoms with E-state index in [1.165, 1.54) is 6.33 Å². The summed E-state index contributed by atoms with van der Waals surface area (Å²) >= 11 is 0. The first kappa shape index (κ1) is 14.0. The Bertz CT molecular complexity index is 314. The van der Waals surface area contributed by atoms with Gasteiger partial charge < -0.3 is 4.74 Å². The molecule has 0 saturated carbocycles. The highest BCUT2D eigenvalue weighted by Crippen LogP contribution is 2.34. The number of rotatable bonds is 7. The standard InChI is InChI=1S/C12H22N4O/c1-4-12(5-2,17-6-3)11(16-13)10-7-14-9-15-8-10/h7-9,11,16H,4-6,13H2,1-3H3. The van der Waals surface area contributed by atoms with Crippen LogP contribution in [0.15, 0.2) is 18.7 Å². The van der Waals surface area contributed by atoms with E-state index in [1.807, 2.05) is 6.92 Å². The molecule has 0 fully saturated rings. The van der Waals surface area contributed by atoms with Gasteiger partial charge in [-0.15, -0.1) is 0 Å².